The van der Waals surface area contributed by atoms with Crippen molar-refractivity contribution in [1.29, 1.82) is 0 Å². The van der Waals surface area contributed by atoms with E-state index in [0.717, 1.165) is 23.5 Å². The first-order valence-electron chi connectivity index (χ1n) is 6.60. The number of anilines is 2. The SMILES string of the molecule is CC(C)Nc1cccc(F)c1NS(=O)(=O)c1csc(C(=O)O)c1. The Balaban J connectivity index is 2.38. The molecule has 2 aromatic rings. The molecule has 2 rings (SSSR count). The van der Waals surface area contributed by atoms with Crippen LogP contribution in [0.15, 0.2) is 34.5 Å². The van der Waals surface area contributed by atoms with Crippen molar-refractivity contribution >= 4 is 38.7 Å². The molecule has 23 heavy (non-hydrogen) atoms. The lowest BCUT2D eigenvalue weighted by Gasteiger charge is -2.16. The Morgan fingerprint density at radius 2 is 2.04 bits per heavy atom. The van der Waals surface area contributed by atoms with Gasteiger partial charge in [-0.25, -0.2) is 17.6 Å². The number of rotatable bonds is 6. The maximum atomic E-state index is 14.0. The number of nitrogens with one attached hydrogen (secondary N) is 2. The lowest BCUT2D eigenvalue weighted by Crippen LogP contribution is -2.17. The minimum Gasteiger partial charge on any atom is -0.477 e. The maximum Gasteiger partial charge on any atom is 0.345 e. The van der Waals surface area contributed by atoms with E-state index in [2.05, 4.69) is 10.0 Å². The van der Waals surface area contributed by atoms with Gasteiger partial charge in [-0.3, -0.25) is 4.72 Å². The summed E-state index contributed by atoms with van der Waals surface area (Å²) in [6.45, 7) is 3.67. The van der Waals surface area contributed by atoms with Crippen LogP contribution in [0.2, 0.25) is 0 Å². The van der Waals surface area contributed by atoms with E-state index in [-0.39, 0.29) is 21.5 Å². The van der Waals surface area contributed by atoms with E-state index in [4.69, 9.17) is 5.11 Å². The van der Waals surface area contributed by atoms with Crippen molar-refractivity contribution in [3.8, 4) is 0 Å². The smallest absolute Gasteiger partial charge is 0.345 e. The third kappa shape index (κ3) is 3.99. The Kier molecular flexibility index (Phi) is 4.90. The van der Waals surface area contributed by atoms with Crippen LogP contribution in [-0.2, 0) is 10.0 Å². The molecule has 0 spiro atoms. The molecule has 0 aliphatic rings. The van der Waals surface area contributed by atoms with E-state index in [0.29, 0.717) is 5.69 Å². The van der Waals surface area contributed by atoms with Crippen molar-refractivity contribution in [3.05, 3.63) is 40.3 Å². The Bertz CT molecular complexity index is 831. The second kappa shape index (κ2) is 6.55. The van der Waals surface area contributed by atoms with Crippen LogP contribution in [0.3, 0.4) is 0 Å². The predicted molar refractivity (Wildman–Crippen MR) is 87.2 cm³/mol. The summed E-state index contributed by atoms with van der Waals surface area (Å²) in [5, 5.41) is 13.0. The summed E-state index contributed by atoms with van der Waals surface area (Å²) in [6.07, 6.45) is 0. The predicted octanol–water partition coefficient (Wildman–Crippen LogP) is 3.21. The van der Waals surface area contributed by atoms with Crippen molar-refractivity contribution in [1.82, 2.24) is 0 Å². The van der Waals surface area contributed by atoms with Gasteiger partial charge in [0.05, 0.1) is 10.6 Å². The van der Waals surface area contributed by atoms with Crippen molar-refractivity contribution in [2.75, 3.05) is 10.0 Å². The maximum absolute atomic E-state index is 14.0. The molecule has 0 unspecified atom stereocenters. The van der Waals surface area contributed by atoms with Crippen LogP contribution in [0, 0.1) is 5.82 Å². The van der Waals surface area contributed by atoms with E-state index in [1.807, 2.05) is 13.8 Å². The number of hydrogen-bond acceptors (Lipinski definition) is 5. The second-order valence-electron chi connectivity index (χ2n) is 5.02. The van der Waals surface area contributed by atoms with Gasteiger partial charge in [0.1, 0.15) is 16.4 Å². The van der Waals surface area contributed by atoms with E-state index < -0.39 is 21.8 Å². The average molecular weight is 358 g/mol. The molecule has 0 atom stereocenters. The number of carbonyl (C=O) groups is 1. The molecule has 0 saturated carbocycles. The lowest BCUT2D eigenvalue weighted by molar-refractivity contribution is 0.0702. The van der Waals surface area contributed by atoms with E-state index in [1.54, 1.807) is 6.07 Å². The molecule has 3 N–H and O–H groups in total. The van der Waals surface area contributed by atoms with Crippen LogP contribution in [0.4, 0.5) is 15.8 Å². The Morgan fingerprint density at radius 3 is 2.61 bits per heavy atom. The lowest BCUT2D eigenvalue weighted by atomic mass is 10.2. The number of sulfonamides is 1. The van der Waals surface area contributed by atoms with Gasteiger partial charge in [0.15, 0.2) is 0 Å². The number of benzene rings is 1. The van der Waals surface area contributed by atoms with Gasteiger partial charge < -0.3 is 10.4 Å². The number of halogens is 1. The zero-order valence-electron chi connectivity index (χ0n) is 12.3. The van der Waals surface area contributed by atoms with Crippen LogP contribution in [0.5, 0.6) is 0 Å². The number of aromatic carboxylic acids is 1. The summed E-state index contributed by atoms with van der Waals surface area (Å²) < 4.78 is 40.9. The summed E-state index contributed by atoms with van der Waals surface area (Å²) in [5.74, 6) is -1.95. The van der Waals surface area contributed by atoms with Crippen LogP contribution in [0.25, 0.3) is 0 Å². The van der Waals surface area contributed by atoms with Gasteiger partial charge >= 0.3 is 5.97 Å². The van der Waals surface area contributed by atoms with Gasteiger partial charge in [-0.1, -0.05) is 6.07 Å². The van der Waals surface area contributed by atoms with E-state index >= 15 is 0 Å². The first-order chi connectivity index (χ1) is 10.7. The molecule has 1 heterocycles. The van der Waals surface area contributed by atoms with Crippen molar-refractivity contribution < 1.29 is 22.7 Å². The van der Waals surface area contributed by atoms with Crippen molar-refractivity contribution in [2.24, 2.45) is 0 Å². The normalized spacial score (nSPS) is 11.5. The van der Waals surface area contributed by atoms with Gasteiger partial charge in [-0.15, -0.1) is 11.3 Å². The Morgan fingerprint density at radius 1 is 1.35 bits per heavy atom. The zero-order valence-corrected chi connectivity index (χ0v) is 14.0. The van der Waals surface area contributed by atoms with E-state index in [9.17, 15) is 17.6 Å². The summed E-state index contributed by atoms with van der Waals surface area (Å²) in [4.78, 5) is 10.5. The first kappa shape index (κ1) is 17.2. The molecule has 6 nitrogen and oxygen atoms in total. The molecule has 9 heteroatoms. The summed E-state index contributed by atoms with van der Waals surface area (Å²) in [6, 6.07) is 5.16. The molecule has 0 fully saturated rings. The number of thiophene rings is 1. The third-order valence-corrected chi connectivity index (χ3v) is 5.19. The molecule has 0 saturated heterocycles. The standard InChI is InChI=1S/C14H15FN2O4S2/c1-8(2)16-11-5-3-4-10(15)13(11)17-23(20,21)9-6-12(14(18)19)22-7-9/h3-8,16-17H,1-2H3,(H,18,19). The molecule has 0 aliphatic heterocycles. The summed E-state index contributed by atoms with van der Waals surface area (Å²) in [7, 11) is -4.09. The Hall–Kier alpha value is -2.13. The number of para-hydroxylation sites is 1. The molecular weight excluding hydrogens is 343 g/mol. The minimum atomic E-state index is -4.09. The molecule has 124 valence electrons. The molecular formula is C14H15FN2O4S2. The molecule has 0 amide bonds. The zero-order chi connectivity index (χ0) is 17.2. The van der Waals surface area contributed by atoms with Gasteiger partial charge in [0.25, 0.3) is 10.0 Å². The second-order valence-corrected chi connectivity index (χ2v) is 7.61. The molecule has 0 bridgehead atoms. The topological polar surface area (TPSA) is 95.5 Å². The first-order valence-corrected chi connectivity index (χ1v) is 8.96. The van der Waals surface area contributed by atoms with Crippen LogP contribution in [-0.4, -0.2) is 25.5 Å². The third-order valence-electron chi connectivity index (χ3n) is 2.79. The molecule has 0 aliphatic carbocycles. The van der Waals surface area contributed by atoms with Gasteiger partial charge in [-0.2, -0.15) is 0 Å². The molecule has 1 aromatic carbocycles. The number of carboxylic acid groups (broad SMARTS) is 1. The highest BCUT2D eigenvalue weighted by atomic mass is 32.2. The molecule has 0 radical (unpaired) electrons. The van der Waals surface area contributed by atoms with Crippen LogP contribution < -0.4 is 10.0 Å². The summed E-state index contributed by atoms with van der Waals surface area (Å²) >= 11 is 0.786. The highest BCUT2D eigenvalue weighted by Gasteiger charge is 2.22. The number of carboxylic acids is 1. The fraction of sp³-hybridized carbons (Fsp3) is 0.214. The summed E-state index contributed by atoms with van der Waals surface area (Å²) in [5.41, 5.74) is 0.0986. The highest BCUT2D eigenvalue weighted by Crippen LogP contribution is 2.29. The molecule has 1 aromatic heterocycles. The van der Waals surface area contributed by atoms with Gasteiger partial charge in [0, 0.05) is 11.4 Å². The fourth-order valence-electron chi connectivity index (χ4n) is 1.82. The Labute approximate surface area is 137 Å². The fourth-order valence-corrected chi connectivity index (χ4v) is 4.02. The highest BCUT2D eigenvalue weighted by molar-refractivity contribution is 7.92. The van der Waals surface area contributed by atoms with Crippen LogP contribution in [0.1, 0.15) is 23.5 Å². The van der Waals surface area contributed by atoms with E-state index in [1.165, 1.54) is 11.4 Å². The van der Waals surface area contributed by atoms with Gasteiger partial charge in [-0.05, 0) is 32.0 Å². The number of hydrogen-bond donors (Lipinski definition) is 3. The average Bonchev–Trinajstić information content (AvgIpc) is 2.93. The monoisotopic (exact) mass is 358 g/mol. The quantitative estimate of drug-likeness (QED) is 0.737. The van der Waals surface area contributed by atoms with Crippen LogP contribution >= 0.6 is 11.3 Å². The van der Waals surface area contributed by atoms with Crippen molar-refractivity contribution in [2.45, 2.75) is 24.8 Å². The van der Waals surface area contributed by atoms with Gasteiger partial charge in [0.2, 0.25) is 0 Å². The largest absolute Gasteiger partial charge is 0.477 e. The van der Waals surface area contributed by atoms with Crippen molar-refractivity contribution in [3.63, 3.8) is 0 Å². The minimum absolute atomic E-state index is 0.0279.